The Kier molecular flexibility index (Phi) is 4.43. The molecule has 0 radical (unpaired) electrons. The third-order valence-corrected chi connectivity index (χ3v) is 3.70. The fraction of sp³-hybridized carbons (Fsp3) is 0.333. The molecule has 0 bridgehead atoms. The fourth-order valence-electron chi connectivity index (χ4n) is 2.55. The fourth-order valence-corrected chi connectivity index (χ4v) is 2.55. The summed E-state index contributed by atoms with van der Waals surface area (Å²) in [7, 11) is 0. The minimum atomic E-state index is -4.54. The molecule has 2 aromatic heterocycles. The summed E-state index contributed by atoms with van der Waals surface area (Å²) in [4.78, 5) is 33.9. The number of amides is 2. The van der Waals surface area contributed by atoms with Gasteiger partial charge in [0.1, 0.15) is 12.2 Å². The standard InChI is InChI=1S/C15H14F3N5O2/c16-15(17,18)8-20-13(24)11-12-14(25)22(4-5-23(12)9-21-11)7-10-2-1-3-19-6-10/h1-3,6,9H,4-5,7-8H2,(H,20,24). The van der Waals surface area contributed by atoms with Gasteiger partial charge in [0.25, 0.3) is 11.8 Å². The van der Waals surface area contributed by atoms with Crippen LogP contribution in [0.4, 0.5) is 13.2 Å². The Bertz CT molecular complexity index is 788. The van der Waals surface area contributed by atoms with Crippen molar-refractivity contribution in [3.05, 3.63) is 47.8 Å². The molecule has 0 atom stereocenters. The van der Waals surface area contributed by atoms with Crippen LogP contribution in [-0.4, -0.2) is 50.5 Å². The zero-order valence-corrected chi connectivity index (χ0v) is 13.0. The van der Waals surface area contributed by atoms with Crippen LogP contribution in [0.5, 0.6) is 0 Å². The molecule has 0 aromatic carbocycles. The number of aromatic nitrogens is 3. The van der Waals surface area contributed by atoms with Gasteiger partial charge in [-0.25, -0.2) is 4.98 Å². The average Bonchev–Trinajstić information content (AvgIpc) is 3.00. The second kappa shape index (κ2) is 6.54. The number of pyridine rings is 1. The first-order chi connectivity index (χ1) is 11.8. The first-order valence-corrected chi connectivity index (χ1v) is 7.43. The van der Waals surface area contributed by atoms with Gasteiger partial charge in [-0.05, 0) is 11.6 Å². The molecule has 0 unspecified atom stereocenters. The van der Waals surface area contributed by atoms with Gasteiger partial charge in [-0.15, -0.1) is 0 Å². The van der Waals surface area contributed by atoms with E-state index in [4.69, 9.17) is 0 Å². The second-order valence-electron chi connectivity index (χ2n) is 5.52. The van der Waals surface area contributed by atoms with Crippen LogP contribution in [0, 0.1) is 0 Å². The minimum Gasteiger partial charge on any atom is -0.342 e. The van der Waals surface area contributed by atoms with Crippen molar-refractivity contribution in [3.8, 4) is 0 Å². The molecule has 2 aromatic rings. The highest BCUT2D eigenvalue weighted by molar-refractivity contribution is 6.05. The van der Waals surface area contributed by atoms with E-state index < -0.39 is 24.5 Å². The van der Waals surface area contributed by atoms with Crippen molar-refractivity contribution in [2.45, 2.75) is 19.3 Å². The van der Waals surface area contributed by atoms with Gasteiger partial charge < -0.3 is 14.8 Å². The summed E-state index contributed by atoms with van der Waals surface area (Å²) < 4.78 is 38.2. The molecule has 3 rings (SSSR count). The Balaban J connectivity index is 1.78. The van der Waals surface area contributed by atoms with Crippen LogP contribution in [0.3, 0.4) is 0 Å². The van der Waals surface area contributed by atoms with E-state index >= 15 is 0 Å². The molecule has 0 fully saturated rings. The van der Waals surface area contributed by atoms with Crippen molar-refractivity contribution in [1.29, 1.82) is 0 Å². The van der Waals surface area contributed by atoms with E-state index in [1.165, 1.54) is 15.8 Å². The normalized spacial score (nSPS) is 14.4. The maximum Gasteiger partial charge on any atom is 0.405 e. The molecular formula is C15H14F3N5O2. The van der Waals surface area contributed by atoms with E-state index in [2.05, 4.69) is 9.97 Å². The van der Waals surface area contributed by atoms with Crippen LogP contribution >= 0.6 is 0 Å². The van der Waals surface area contributed by atoms with Crippen molar-refractivity contribution < 1.29 is 22.8 Å². The van der Waals surface area contributed by atoms with Crippen LogP contribution in [0.2, 0.25) is 0 Å². The quantitative estimate of drug-likeness (QED) is 0.897. The molecule has 0 aliphatic carbocycles. The average molecular weight is 353 g/mol. The number of halogens is 3. The Hall–Kier alpha value is -2.91. The molecule has 0 spiro atoms. The number of carbonyl (C=O) groups excluding carboxylic acids is 2. The molecule has 25 heavy (non-hydrogen) atoms. The lowest BCUT2D eigenvalue weighted by atomic mass is 10.2. The third-order valence-electron chi connectivity index (χ3n) is 3.70. The Morgan fingerprint density at radius 1 is 1.32 bits per heavy atom. The first kappa shape index (κ1) is 16.9. The summed E-state index contributed by atoms with van der Waals surface area (Å²) in [6.45, 7) is -0.380. The van der Waals surface area contributed by atoms with Crippen molar-refractivity contribution >= 4 is 11.8 Å². The summed E-state index contributed by atoms with van der Waals surface area (Å²) in [5, 5.41) is 1.74. The van der Waals surface area contributed by atoms with Gasteiger partial charge >= 0.3 is 6.18 Å². The lowest BCUT2D eigenvalue weighted by molar-refractivity contribution is -0.123. The SMILES string of the molecule is O=C(NCC(F)(F)F)c1ncn2c1C(=O)N(Cc1cccnc1)CC2. The summed E-state index contributed by atoms with van der Waals surface area (Å²) in [6.07, 6.45) is -0.0151. The van der Waals surface area contributed by atoms with E-state index in [0.29, 0.717) is 19.6 Å². The second-order valence-corrected chi connectivity index (χ2v) is 5.52. The number of nitrogens with one attached hydrogen (secondary N) is 1. The molecule has 10 heteroatoms. The van der Waals surface area contributed by atoms with Gasteiger partial charge in [0.15, 0.2) is 5.69 Å². The van der Waals surface area contributed by atoms with Crippen LogP contribution in [0.25, 0.3) is 0 Å². The number of rotatable bonds is 4. The van der Waals surface area contributed by atoms with Crippen LogP contribution in [0.15, 0.2) is 30.9 Å². The van der Waals surface area contributed by atoms with E-state index in [0.717, 1.165) is 5.56 Å². The summed E-state index contributed by atoms with van der Waals surface area (Å²) in [5.74, 6) is -1.48. The Morgan fingerprint density at radius 2 is 2.12 bits per heavy atom. The van der Waals surface area contributed by atoms with Crippen molar-refractivity contribution in [2.75, 3.05) is 13.1 Å². The van der Waals surface area contributed by atoms with Crippen molar-refractivity contribution in [3.63, 3.8) is 0 Å². The first-order valence-electron chi connectivity index (χ1n) is 7.43. The number of nitrogens with zero attached hydrogens (tertiary/aromatic N) is 4. The maximum absolute atomic E-state index is 12.7. The smallest absolute Gasteiger partial charge is 0.342 e. The molecule has 0 saturated heterocycles. The number of fused-ring (bicyclic) bond motifs is 1. The summed E-state index contributed by atoms with van der Waals surface area (Å²) >= 11 is 0. The summed E-state index contributed by atoms with van der Waals surface area (Å²) in [6, 6.07) is 3.55. The van der Waals surface area contributed by atoms with Gasteiger partial charge in [0, 0.05) is 32.0 Å². The van der Waals surface area contributed by atoms with Gasteiger partial charge in [-0.2, -0.15) is 13.2 Å². The van der Waals surface area contributed by atoms with E-state index in [1.807, 2.05) is 6.07 Å². The van der Waals surface area contributed by atoms with Crippen LogP contribution in [-0.2, 0) is 13.1 Å². The predicted octanol–water partition coefficient (Wildman–Crippen LogP) is 1.23. The molecule has 0 saturated carbocycles. The zero-order chi connectivity index (χ0) is 18.0. The number of imidazole rings is 1. The molecule has 132 valence electrons. The third kappa shape index (κ3) is 3.78. The zero-order valence-electron chi connectivity index (χ0n) is 13.0. The largest absolute Gasteiger partial charge is 0.405 e. The highest BCUT2D eigenvalue weighted by Crippen LogP contribution is 2.19. The molecule has 3 heterocycles. The molecule has 7 nitrogen and oxygen atoms in total. The number of hydrogen-bond donors (Lipinski definition) is 1. The number of carbonyl (C=O) groups is 2. The number of alkyl halides is 3. The maximum atomic E-state index is 12.7. The van der Waals surface area contributed by atoms with Crippen LogP contribution in [0.1, 0.15) is 26.5 Å². The molecular weight excluding hydrogens is 339 g/mol. The lowest BCUT2D eigenvalue weighted by Crippen LogP contribution is -2.41. The Labute approximate surface area is 140 Å². The van der Waals surface area contributed by atoms with Gasteiger partial charge in [0.2, 0.25) is 0 Å². The minimum absolute atomic E-state index is 0.00480. The highest BCUT2D eigenvalue weighted by Gasteiger charge is 2.33. The number of hydrogen-bond acceptors (Lipinski definition) is 4. The van der Waals surface area contributed by atoms with Crippen LogP contribution < -0.4 is 5.32 Å². The molecule has 1 aliphatic heterocycles. The van der Waals surface area contributed by atoms with Crippen molar-refractivity contribution in [2.24, 2.45) is 0 Å². The molecule has 1 aliphatic rings. The van der Waals surface area contributed by atoms with Gasteiger partial charge in [0.05, 0.1) is 6.33 Å². The Morgan fingerprint density at radius 3 is 2.80 bits per heavy atom. The van der Waals surface area contributed by atoms with E-state index in [-0.39, 0.29) is 11.4 Å². The molecule has 1 N–H and O–H groups in total. The summed E-state index contributed by atoms with van der Waals surface area (Å²) in [5.41, 5.74) is 0.506. The van der Waals surface area contributed by atoms with Crippen molar-refractivity contribution in [1.82, 2.24) is 24.8 Å². The van der Waals surface area contributed by atoms with Gasteiger partial charge in [-0.1, -0.05) is 6.07 Å². The lowest BCUT2D eigenvalue weighted by Gasteiger charge is -2.28. The van der Waals surface area contributed by atoms with E-state index in [9.17, 15) is 22.8 Å². The monoisotopic (exact) mass is 353 g/mol. The van der Waals surface area contributed by atoms with E-state index in [1.54, 1.807) is 23.8 Å². The predicted molar refractivity (Wildman–Crippen MR) is 79.6 cm³/mol. The highest BCUT2D eigenvalue weighted by atomic mass is 19.4. The topological polar surface area (TPSA) is 80.1 Å². The van der Waals surface area contributed by atoms with Gasteiger partial charge in [-0.3, -0.25) is 14.6 Å². The molecule has 2 amide bonds.